The quantitative estimate of drug-likeness (QED) is 0.537. The van der Waals surface area contributed by atoms with Gasteiger partial charge < -0.3 is 25.4 Å². The van der Waals surface area contributed by atoms with Gasteiger partial charge in [-0.25, -0.2) is 0 Å². The largest absolute Gasteiger partial charge is 0.433 e. The van der Waals surface area contributed by atoms with E-state index in [0.717, 1.165) is 19.3 Å². The van der Waals surface area contributed by atoms with Gasteiger partial charge in [-0.05, 0) is 25.0 Å². The molecule has 2 aliphatic rings. The molecule has 1 aliphatic carbocycles. The van der Waals surface area contributed by atoms with Crippen LogP contribution >= 0.6 is 0 Å². The number of hydrogen-bond acceptors (Lipinski definition) is 6. The molecule has 3 amide bonds. The Labute approximate surface area is 165 Å². The van der Waals surface area contributed by atoms with Crippen LogP contribution in [0.1, 0.15) is 19.3 Å². The zero-order chi connectivity index (χ0) is 21.0. The Morgan fingerprint density at radius 2 is 2.07 bits per heavy atom. The van der Waals surface area contributed by atoms with Gasteiger partial charge in [0.25, 0.3) is 11.8 Å². The van der Waals surface area contributed by atoms with Crippen LogP contribution < -0.4 is 26.0 Å². The summed E-state index contributed by atoms with van der Waals surface area (Å²) >= 11 is 0. The van der Waals surface area contributed by atoms with E-state index >= 15 is 0 Å². The summed E-state index contributed by atoms with van der Waals surface area (Å²) in [5.74, 6) is -2.22. The summed E-state index contributed by atoms with van der Waals surface area (Å²) in [4.78, 5) is 37.4. The second-order valence-electron chi connectivity index (χ2n) is 6.78. The average Bonchev–Trinajstić information content (AvgIpc) is 2.61. The zero-order valence-corrected chi connectivity index (χ0v) is 15.5. The van der Waals surface area contributed by atoms with Crippen molar-refractivity contribution in [1.82, 2.24) is 5.32 Å². The molecule has 1 saturated heterocycles. The molecular weight excluding hydrogens is 390 g/mol. The first-order valence-electron chi connectivity index (χ1n) is 9.18. The van der Waals surface area contributed by atoms with Gasteiger partial charge in [0.2, 0.25) is 5.91 Å². The van der Waals surface area contributed by atoms with Gasteiger partial charge in [0, 0.05) is 24.3 Å². The molecule has 158 valence electrons. The van der Waals surface area contributed by atoms with Gasteiger partial charge in [-0.15, -0.1) is 0 Å². The lowest BCUT2D eigenvalue weighted by Crippen LogP contribution is -2.54. The maximum Gasteiger partial charge on any atom is 0.387 e. The first-order valence-corrected chi connectivity index (χ1v) is 9.18. The lowest BCUT2D eigenvalue weighted by Gasteiger charge is -2.30. The van der Waals surface area contributed by atoms with Gasteiger partial charge in [0.1, 0.15) is 6.61 Å². The molecule has 1 heterocycles. The van der Waals surface area contributed by atoms with Crippen molar-refractivity contribution < 1.29 is 32.6 Å². The number of nitrogens with one attached hydrogen (secondary N) is 2. The van der Waals surface area contributed by atoms with Crippen LogP contribution in [0.15, 0.2) is 18.2 Å². The number of nitrogens with two attached hydrogens (primary N) is 1. The molecule has 29 heavy (non-hydrogen) atoms. The summed E-state index contributed by atoms with van der Waals surface area (Å²) in [5.41, 5.74) is 5.57. The zero-order valence-electron chi connectivity index (χ0n) is 15.5. The molecule has 1 aromatic carbocycles. The highest BCUT2D eigenvalue weighted by atomic mass is 19.3. The van der Waals surface area contributed by atoms with Crippen LogP contribution in [0.4, 0.5) is 20.2 Å². The van der Waals surface area contributed by atoms with E-state index in [1.54, 1.807) is 0 Å². The molecule has 3 rings (SSSR count). The van der Waals surface area contributed by atoms with Crippen LogP contribution in [0.2, 0.25) is 0 Å². The Hall–Kier alpha value is -2.79. The van der Waals surface area contributed by atoms with Crippen molar-refractivity contribution in [2.24, 2.45) is 5.73 Å². The smallest absolute Gasteiger partial charge is 0.387 e. The topological polar surface area (TPSA) is 123 Å². The highest BCUT2D eigenvalue weighted by Gasteiger charge is 2.30. The van der Waals surface area contributed by atoms with Gasteiger partial charge in [0.15, 0.2) is 11.8 Å². The van der Waals surface area contributed by atoms with E-state index in [1.807, 2.05) is 0 Å². The maximum atomic E-state index is 12.9. The number of alkyl halides is 2. The Kier molecular flexibility index (Phi) is 6.60. The molecule has 2 fully saturated rings. The monoisotopic (exact) mass is 412 g/mol. The number of carbonyl (C=O) groups is 3. The highest BCUT2D eigenvalue weighted by Crippen LogP contribution is 2.33. The van der Waals surface area contributed by atoms with E-state index in [0.29, 0.717) is 0 Å². The SMILES string of the molecule is NC(=O)[C@H](NC1CCC1)C(=O)Nc1ccc(N2CCOCC2=O)c(OC(F)F)c1. The number of primary amides is 1. The number of hydrogen-bond donors (Lipinski definition) is 3. The second kappa shape index (κ2) is 9.14. The molecule has 1 atom stereocenters. The molecular formula is C18H22F2N4O5. The number of benzene rings is 1. The Balaban J connectivity index is 1.78. The van der Waals surface area contributed by atoms with Gasteiger partial charge in [-0.2, -0.15) is 8.78 Å². The number of carbonyl (C=O) groups excluding carboxylic acids is 3. The van der Waals surface area contributed by atoms with Crippen molar-refractivity contribution in [1.29, 1.82) is 0 Å². The predicted octanol–water partition coefficient (Wildman–Crippen LogP) is 0.586. The van der Waals surface area contributed by atoms with Gasteiger partial charge >= 0.3 is 6.61 Å². The van der Waals surface area contributed by atoms with Crippen LogP contribution in [0.25, 0.3) is 0 Å². The molecule has 1 aliphatic heterocycles. The Morgan fingerprint density at radius 3 is 2.66 bits per heavy atom. The van der Waals surface area contributed by atoms with E-state index in [9.17, 15) is 23.2 Å². The van der Waals surface area contributed by atoms with Crippen LogP contribution in [0.5, 0.6) is 5.75 Å². The minimum Gasteiger partial charge on any atom is -0.433 e. The van der Waals surface area contributed by atoms with Crippen molar-refractivity contribution in [3.05, 3.63) is 18.2 Å². The molecule has 0 radical (unpaired) electrons. The summed E-state index contributed by atoms with van der Waals surface area (Å²) in [6, 6.07) is 2.76. The first kappa shape index (κ1) is 20.9. The Morgan fingerprint density at radius 1 is 1.31 bits per heavy atom. The highest BCUT2D eigenvalue weighted by molar-refractivity contribution is 6.09. The number of anilines is 2. The maximum absolute atomic E-state index is 12.9. The molecule has 4 N–H and O–H groups in total. The fourth-order valence-electron chi connectivity index (χ4n) is 3.09. The van der Waals surface area contributed by atoms with Crippen molar-refractivity contribution in [3.63, 3.8) is 0 Å². The minimum absolute atomic E-state index is 0.0330. The number of halogens is 2. The normalized spacial score (nSPS) is 18.3. The minimum atomic E-state index is -3.13. The fraction of sp³-hybridized carbons (Fsp3) is 0.500. The van der Waals surface area contributed by atoms with Gasteiger partial charge in [-0.1, -0.05) is 6.42 Å². The van der Waals surface area contributed by atoms with E-state index in [2.05, 4.69) is 15.4 Å². The van der Waals surface area contributed by atoms with Crippen LogP contribution in [-0.2, 0) is 19.1 Å². The number of amides is 3. The fourth-order valence-corrected chi connectivity index (χ4v) is 3.09. The third-order valence-corrected chi connectivity index (χ3v) is 4.77. The van der Waals surface area contributed by atoms with E-state index in [-0.39, 0.29) is 42.9 Å². The average molecular weight is 412 g/mol. The molecule has 11 heteroatoms. The first-order chi connectivity index (χ1) is 13.8. The summed E-state index contributed by atoms with van der Waals surface area (Å²) in [5, 5.41) is 5.36. The van der Waals surface area contributed by atoms with E-state index in [1.165, 1.54) is 23.1 Å². The lowest BCUT2D eigenvalue weighted by atomic mass is 9.92. The van der Waals surface area contributed by atoms with Crippen LogP contribution in [-0.4, -0.2) is 56.2 Å². The standard InChI is InChI=1S/C18H22F2N4O5/c19-18(20)29-13-8-11(4-5-12(13)24-6-7-28-9-14(24)25)23-17(27)15(16(21)26)22-10-2-1-3-10/h4-5,8,10,15,18,22H,1-3,6-7,9H2,(H2,21,26)(H,23,27)/t15-/m0/s1. The molecule has 0 unspecified atom stereocenters. The molecule has 0 bridgehead atoms. The second-order valence-corrected chi connectivity index (χ2v) is 6.78. The number of morpholine rings is 1. The van der Waals surface area contributed by atoms with Crippen molar-refractivity contribution in [2.45, 2.75) is 38.0 Å². The summed E-state index contributed by atoms with van der Waals surface area (Å²) < 4.78 is 35.3. The van der Waals surface area contributed by atoms with Crippen LogP contribution in [0, 0.1) is 0 Å². The number of rotatable bonds is 8. The number of nitrogens with zero attached hydrogens (tertiary/aromatic N) is 1. The molecule has 1 saturated carbocycles. The molecule has 1 aromatic rings. The molecule has 9 nitrogen and oxygen atoms in total. The van der Waals surface area contributed by atoms with Crippen LogP contribution in [0.3, 0.4) is 0 Å². The summed E-state index contributed by atoms with van der Waals surface area (Å²) in [6.45, 7) is -2.86. The van der Waals surface area contributed by atoms with E-state index < -0.39 is 30.4 Å². The van der Waals surface area contributed by atoms with Gasteiger partial charge in [0.05, 0.1) is 12.3 Å². The molecule has 0 spiro atoms. The van der Waals surface area contributed by atoms with E-state index in [4.69, 9.17) is 10.5 Å². The summed E-state index contributed by atoms with van der Waals surface area (Å²) in [7, 11) is 0. The molecule has 0 aromatic heterocycles. The lowest BCUT2D eigenvalue weighted by molar-refractivity contribution is -0.128. The summed E-state index contributed by atoms with van der Waals surface area (Å²) in [6.07, 6.45) is 2.68. The Bertz CT molecular complexity index is 788. The third-order valence-electron chi connectivity index (χ3n) is 4.77. The predicted molar refractivity (Wildman–Crippen MR) is 98.6 cm³/mol. The van der Waals surface area contributed by atoms with Crippen molar-refractivity contribution in [2.75, 3.05) is 30.0 Å². The van der Waals surface area contributed by atoms with Crippen molar-refractivity contribution in [3.8, 4) is 5.75 Å². The van der Waals surface area contributed by atoms with Crippen molar-refractivity contribution >= 4 is 29.1 Å². The third kappa shape index (κ3) is 5.18. The van der Waals surface area contributed by atoms with Gasteiger partial charge in [-0.3, -0.25) is 19.7 Å². The number of ether oxygens (including phenoxy) is 2.